The molecule has 1 nitrogen and oxygen atoms in total. The Labute approximate surface area is 93.4 Å². The summed E-state index contributed by atoms with van der Waals surface area (Å²) in [6, 6.07) is 8.29. The summed E-state index contributed by atoms with van der Waals surface area (Å²) in [4.78, 5) is 0. The van der Waals surface area contributed by atoms with E-state index in [1.165, 1.54) is 10.1 Å². The van der Waals surface area contributed by atoms with E-state index >= 15 is 0 Å². The monoisotopic (exact) mass is 216 g/mol. The van der Waals surface area contributed by atoms with Gasteiger partial charge in [0.2, 0.25) is 0 Å². The molecule has 0 radical (unpaired) electrons. The van der Waals surface area contributed by atoms with Gasteiger partial charge in [-0.05, 0) is 29.3 Å². The Kier molecular flexibility index (Phi) is 3.39. The quantitative estimate of drug-likeness (QED) is 0.604. The highest BCUT2D eigenvalue weighted by Gasteiger charge is 1.97. The molecule has 0 unspecified atom stereocenters. The molecule has 15 heavy (non-hydrogen) atoms. The van der Waals surface area contributed by atoms with Crippen molar-refractivity contribution in [2.75, 3.05) is 6.61 Å². The summed E-state index contributed by atoms with van der Waals surface area (Å²) in [5, 5.41) is 12.0. The number of rotatable bonds is 2. The molecule has 76 valence electrons. The molecular weight excluding hydrogens is 204 g/mol. The summed E-state index contributed by atoms with van der Waals surface area (Å²) in [6.07, 6.45) is 1.52. The van der Waals surface area contributed by atoms with Gasteiger partial charge < -0.3 is 5.11 Å². The van der Waals surface area contributed by atoms with E-state index < -0.39 is 0 Å². The van der Waals surface area contributed by atoms with Crippen molar-refractivity contribution in [1.29, 1.82) is 0 Å². The largest absolute Gasteiger partial charge is 0.396 e. The second-order valence-electron chi connectivity index (χ2n) is 3.27. The van der Waals surface area contributed by atoms with E-state index in [0.717, 1.165) is 18.4 Å². The molecule has 0 atom stereocenters. The van der Waals surface area contributed by atoms with Crippen LogP contribution in [0.5, 0.6) is 0 Å². The lowest BCUT2D eigenvalue weighted by Crippen LogP contribution is -1.79. The van der Waals surface area contributed by atoms with Gasteiger partial charge in [0.15, 0.2) is 0 Å². The Morgan fingerprint density at radius 3 is 3.07 bits per heavy atom. The first-order valence-electron chi connectivity index (χ1n) is 4.98. The van der Waals surface area contributed by atoms with E-state index in [2.05, 4.69) is 29.4 Å². The highest BCUT2D eigenvalue weighted by atomic mass is 32.1. The molecule has 0 saturated carbocycles. The first kappa shape index (κ1) is 10.2. The summed E-state index contributed by atoms with van der Waals surface area (Å²) in [5.41, 5.74) is 1.10. The number of hydrogen-bond acceptors (Lipinski definition) is 2. The van der Waals surface area contributed by atoms with E-state index in [1.807, 2.05) is 12.1 Å². The fraction of sp³-hybridized carbons (Fsp3) is 0.231. The molecule has 0 aliphatic heterocycles. The predicted molar refractivity (Wildman–Crippen MR) is 65.0 cm³/mol. The first-order chi connectivity index (χ1) is 7.42. The lowest BCUT2D eigenvalue weighted by Gasteiger charge is -1.92. The van der Waals surface area contributed by atoms with Crippen LogP contribution in [0.15, 0.2) is 29.6 Å². The molecule has 2 aromatic rings. The molecule has 1 aromatic heterocycles. The van der Waals surface area contributed by atoms with Crippen molar-refractivity contribution >= 4 is 21.4 Å². The molecule has 0 amide bonds. The van der Waals surface area contributed by atoms with Gasteiger partial charge >= 0.3 is 0 Å². The van der Waals surface area contributed by atoms with Gasteiger partial charge in [-0.2, -0.15) is 0 Å². The maximum absolute atomic E-state index is 8.64. The van der Waals surface area contributed by atoms with Crippen LogP contribution in [0.4, 0.5) is 0 Å². The zero-order valence-corrected chi connectivity index (χ0v) is 9.18. The molecule has 1 N–H and O–H groups in total. The van der Waals surface area contributed by atoms with Crippen LogP contribution < -0.4 is 0 Å². The Morgan fingerprint density at radius 1 is 1.27 bits per heavy atom. The van der Waals surface area contributed by atoms with Crippen LogP contribution in [0, 0.1) is 11.8 Å². The van der Waals surface area contributed by atoms with E-state index in [0.29, 0.717) is 0 Å². The molecule has 0 spiro atoms. The minimum atomic E-state index is 0.220. The number of fused-ring (bicyclic) bond motifs is 1. The molecule has 2 heteroatoms. The number of hydrogen-bond donors (Lipinski definition) is 1. The van der Waals surface area contributed by atoms with Crippen LogP contribution in [-0.2, 0) is 0 Å². The summed E-state index contributed by atoms with van der Waals surface area (Å²) < 4.78 is 1.26. The van der Waals surface area contributed by atoms with Crippen molar-refractivity contribution in [3.8, 4) is 11.8 Å². The summed E-state index contributed by atoms with van der Waals surface area (Å²) in [5.74, 6) is 6.24. The molecule has 0 aliphatic carbocycles. The summed E-state index contributed by atoms with van der Waals surface area (Å²) in [6.45, 7) is 0.220. The highest BCUT2D eigenvalue weighted by Crippen LogP contribution is 2.23. The Hall–Kier alpha value is -1.30. The van der Waals surface area contributed by atoms with Crippen molar-refractivity contribution in [2.24, 2.45) is 0 Å². The third-order valence-electron chi connectivity index (χ3n) is 2.16. The highest BCUT2D eigenvalue weighted by molar-refractivity contribution is 7.17. The first-order valence-corrected chi connectivity index (χ1v) is 5.86. The normalized spacial score (nSPS) is 9.93. The zero-order chi connectivity index (χ0) is 10.5. The van der Waals surface area contributed by atoms with Crippen LogP contribution in [0.1, 0.15) is 18.4 Å². The summed E-state index contributed by atoms with van der Waals surface area (Å²) >= 11 is 1.73. The minimum Gasteiger partial charge on any atom is -0.396 e. The average Bonchev–Trinajstić information content (AvgIpc) is 2.73. The van der Waals surface area contributed by atoms with E-state index in [4.69, 9.17) is 5.11 Å². The molecular formula is C13H12OS. The van der Waals surface area contributed by atoms with Gasteiger partial charge in [0.05, 0.1) is 0 Å². The molecule has 0 fully saturated rings. The van der Waals surface area contributed by atoms with Gasteiger partial charge in [-0.1, -0.05) is 24.0 Å². The Morgan fingerprint density at radius 2 is 2.20 bits per heavy atom. The second-order valence-corrected chi connectivity index (χ2v) is 4.19. The SMILES string of the molecule is OCCCC#Cc1cccc2ccsc12. The second kappa shape index (κ2) is 4.97. The van der Waals surface area contributed by atoms with E-state index in [9.17, 15) is 0 Å². The maximum atomic E-state index is 8.64. The lowest BCUT2D eigenvalue weighted by molar-refractivity contribution is 0.290. The standard InChI is InChI=1S/C13H12OS/c14-9-3-1-2-5-11-6-4-7-12-8-10-15-13(11)12/h4,6-8,10,14H,1,3,9H2. The van der Waals surface area contributed by atoms with Gasteiger partial charge in [0.1, 0.15) is 0 Å². The Bertz CT molecular complexity index is 502. The molecule has 1 heterocycles. The number of thiophene rings is 1. The van der Waals surface area contributed by atoms with E-state index in [1.54, 1.807) is 11.3 Å². The average molecular weight is 216 g/mol. The molecule has 0 saturated heterocycles. The van der Waals surface area contributed by atoms with Gasteiger partial charge in [0, 0.05) is 23.3 Å². The van der Waals surface area contributed by atoms with Crippen LogP contribution >= 0.6 is 11.3 Å². The van der Waals surface area contributed by atoms with Gasteiger partial charge in [0.25, 0.3) is 0 Å². The minimum absolute atomic E-state index is 0.220. The fourth-order valence-electron chi connectivity index (χ4n) is 1.42. The molecule has 0 bridgehead atoms. The number of benzene rings is 1. The molecule has 2 rings (SSSR count). The third kappa shape index (κ3) is 2.38. The van der Waals surface area contributed by atoms with Crippen LogP contribution in [0.3, 0.4) is 0 Å². The van der Waals surface area contributed by atoms with Gasteiger partial charge in [-0.25, -0.2) is 0 Å². The van der Waals surface area contributed by atoms with Gasteiger partial charge in [-0.3, -0.25) is 0 Å². The fourth-order valence-corrected chi connectivity index (χ4v) is 2.29. The van der Waals surface area contributed by atoms with Crippen molar-refractivity contribution in [3.63, 3.8) is 0 Å². The van der Waals surface area contributed by atoms with Crippen molar-refractivity contribution in [2.45, 2.75) is 12.8 Å². The summed E-state index contributed by atoms with van der Waals surface area (Å²) in [7, 11) is 0. The van der Waals surface area contributed by atoms with Crippen molar-refractivity contribution in [3.05, 3.63) is 35.2 Å². The topological polar surface area (TPSA) is 20.2 Å². The van der Waals surface area contributed by atoms with Crippen LogP contribution in [0.25, 0.3) is 10.1 Å². The Balaban J connectivity index is 2.26. The third-order valence-corrected chi connectivity index (χ3v) is 3.13. The zero-order valence-electron chi connectivity index (χ0n) is 8.36. The van der Waals surface area contributed by atoms with Crippen LogP contribution in [0.2, 0.25) is 0 Å². The molecule has 1 aromatic carbocycles. The predicted octanol–water partition coefficient (Wildman–Crippen LogP) is 3.03. The van der Waals surface area contributed by atoms with Crippen molar-refractivity contribution in [1.82, 2.24) is 0 Å². The van der Waals surface area contributed by atoms with Crippen LogP contribution in [-0.4, -0.2) is 11.7 Å². The lowest BCUT2D eigenvalue weighted by atomic mass is 10.1. The van der Waals surface area contributed by atoms with E-state index in [-0.39, 0.29) is 6.61 Å². The van der Waals surface area contributed by atoms with Crippen molar-refractivity contribution < 1.29 is 5.11 Å². The van der Waals surface area contributed by atoms with Gasteiger partial charge in [-0.15, -0.1) is 11.3 Å². The number of aliphatic hydroxyl groups excluding tert-OH is 1. The number of aliphatic hydroxyl groups is 1. The number of unbranched alkanes of at least 4 members (excludes halogenated alkanes) is 1. The smallest absolute Gasteiger partial charge is 0.0499 e. The maximum Gasteiger partial charge on any atom is 0.0499 e. The molecule has 0 aliphatic rings.